The molecule has 0 spiro atoms. The molecule has 0 bridgehead atoms. The molecule has 36 heavy (non-hydrogen) atoms. The number of aromatic nitrogens is 3. The molecule has 2 heterocycles. The maximum absolute atomic E-state index is 13.4. The number of pyridine rings is 1. The van der Waals surface area contributed by atoms with Gasteiger partial charge < -0.3 is 5.32 Å². The number of nitrogens with zero attached hydrogens (tertiary/aromatic N) is 4. The van der Waals surface area contributed by atoms with E-state index in [0.717, 1.165) is 22.0 Å². The maximum atomic E-state index is 13.4. The van der Waals surface area contributed by atoms with Crippen LogP contribution >= 0.6 is 0 Å². The SMILES string of the molecule is Cc1cc(-n2ncc(C#N)c2NC(=O)c2ccccc2C(=O)c2ccccc2)nc2c(C)cccc12. The van der Waals surface area contributed by atoms with Crippen LogP contribution < -0.4 is 5.32 Å². The third-order valence-electron chi connectivity index (χ3n) is 6.03. The summed E-state index contributed by atoms with van der Waals surface area (Å²) in [6.45, 7) is 3.96. The van der Waals surface area contributed by atoms with Crippen LogP contribution in [0.4, 0.5) is 5.82 Å². The largest absolute Gasteiger partial charge is 0.305 e. The molecule has 2 aromatic heterocycles. The van der Waals surface area contributed by atoms with Gasteiger partial charge in [-0.2, -0.15) is 15.0 Å². The van der Waals surface area contributed by atoms with E-state index < -0.39 is 5.91 Å². The molecular weight excluding hydrogens is 450 g/mol. The van der Waals surface area contributed by atoms with Crippen molar-refractivity contribution in [3.63, 3.8) is 0 Å². The fourth-order valence-corrected chi connectivity index (χ4v) is 4.18. The fraction of sp³-hybridized carbons (Fsp3) is 0.0690. The van der Waals surface area contributed by atoms with Gasteiger partial charge in [0.05, 0.1) is 17.3 Å². The van der Waals surface area contributed by atoms with Crippen molar-refractivity contribution in [2.45, 2.75) is 13.8 Å². The number of aryl methyl sites for hydroxylation is 2. The summed E-state index contributed by atoms with van der Waals surface area (Å²) in [5.41, 5.74) is 3.93. The number of nitrogens with one attached hydrogen (secondary N) is 1. The third kappa shape index (κ3) is 4.01. The van der Waals surface area contributed by atoms with Crippen molar-refractivity contribution >= 4 is 28.4 Å². The van der Waals surface area contributed by atoms with Gasteiger partial charge in [-0.05, 0) is 37.1 Å². The van der Waals surface area contributed by atoms with Crippen molar-refractivity contribution in [2.24, 2.45) is 0 Å². The lowest BCUT2D eigenvalue weighted by Gasteiger charge is -2.13. The Labute approximate surface area is 207 Å². The quantitative estimate of drug-likeness (QED) is 0.346. The molecule has 0 aliphatic rings. The molecule has 1 N–H and O–H groups in total. The summed E-state index contributed by atoms with van der Waals surface area (Å²) in [4.78, 5) is 31.3. The van der Waals surface area contributed by atoms with Crippen LogP contribution in [-0.2, 0) is 0 Å². The Morgan fingerprint density at radius 1 is 0.889 bits per heavy atom. The number of anilines is 1. The molecule has 174 valence electrons. The van der Waals surface area contributed by atoms with Crippen molar-refractivity contribution in [1.29, 1.82) is 5.26 Å². The highest BCUT2D eigenvalue weighted by Crippen LogP contribution is 2.26. The second kappa shape index (κ2) is 9.28. The number of fused-ring (bicyclic) bond motifs is 1. The minimum atomic E-state index is -0.526. The van der Waals surface area contributed by atoms with E-state index >= 15 is 0 Å². The lowest BCUT2D eigenvalue weighted by atomic mass is 9.98. The standard InChI is InChI=1S/C29H21N5O2/c1-18-9-8-14-22-19(2)15-25(32-26(18)22)34-28(21(16-30)17-31-34)33-29(36)24-13-7-6-12-23(24)27(35)20-10-4-3-5-11-20/h3-15,17H,1-2H3,(H,33,36). The average Bonchev–Trinajstić information content (AvgIpc) is 3.31. The number of benzene rings is 3. The van der Waals surface area contributed by atoms with Gasteiger partial charge in [-0.1, -0.05) is 66.7 Å². The summed E-state index contributed by atoms with van der Waals surface area (Å²) in [6.07, 6.45) is 1.38. The Bertz CT molecular complexity index is 1680. The molecule has 7 nitrogen and oxygen atoms in total. The fourth-order valence-electron chi connectivity index (χ4n) is 4.18. The third-order valence-corrected chi connectivity index (χ3v) is 6.03. The van der Waals surface area contributed by atoms with Crippen LogP contribution in [0.15, 0.2) is 85.1 Å². The Morgan fingerprint density at radius 3 is 2.36 bits per heavy atom. The van der Waals surface area contributed by atoms with Gasteiger partial charge in [0.1, 0.15) is 11.6 Å². The van der Waals surface area contributed by atoms with E-state index in [-0.39, 0.29) is 28.3 Å². The predicted octanol–water partition coefficient (Wildman–Crippen LogP) is 5.39. The van der Waals surface area contributed by atoms with E-state index in [1.54, 1.807) is 48.5 Å². The molecule has 0 saturated heterocycles. The normalized spacial score (nSPS) is 10.7. The highest BCUT2D eigenvalue weighted by atomic mass is 16.2. The van der Waals surface area contributed by atoms with E-state index in [1.165, 1.54) is 10.9 Å². The average molecular weight is 472 g/mol. The minimum Gasteiger partial charge on any atom is -0.305 e. The van der Waals surface area contributed by atoms with Crippen LogP contribution in [0.5, 0.6) is 0 Å². The Morgan fingerprint density at radius 2 is 1.61 bits per heavy atom. The van der Waals surface area contributed by atoms with Crippen LogP contribution in [0.1, 0.15) is 43.0 Å². The summed E-state index contributed by atoms with van der Waals surface area (Å²) >= 11 is 0. The van der Waals surface area contributed by atoms with Gasteiger partial charge >= 0.3 is 0 Å². The first kappa shape index (κ1) is 22.7. The van der Waals surface area contributed by atoms with Crippen LogP contribution in [0.3, 0.4) is 0 Å². The van der Waals surface area contributed by atoms with E-state index in [4.69, 9.17) is 4.98 Å². The van der Waals surface area contributed by atoms with E-state index in [0.29, 0.717) is 11.4 Å². The van der Waals surface area contributed by atoms with Crippen LogP contribution in [-0.4, -0.2) is 26.5 Å². The Kier molecular flexibility index (Phi) is 5.85. The molecule has 3 aromatic carbocycles. The number of rotatable bonds is 5. The number of para-hydroxylation sites is 1. The second-order valence-electron chi connectivity index (χ2n) is 8.39. The number of carbonyl (C=O) groups is 2. The first-order chi connectivity index (χ1) is 17.5. The maximum Gasteiger partial charge on any atom is 0.257 e. The summed E-state index contributed by atoms with van der Waals surface area (Å²) in [6, 6.07) is 25.3. The van der Waals surface area contributed by atoms with Crippen molar-refractivity contribution in [3.05, 3.63) is 118 Å². The van der Waals surface area contributed by atoms with Crippen LogP contribution in [0.25, 0.3) is 16.7 Å². The molecule has 5 rings (SSSR count). The van der Waals surface area contributed by atoms with Crippen molar-refractivity contribution in [2.75, 3.05) is 5.32 Å². The summed E-state index contributed by atoms with van der Waals surface area (Å²) in [5, 5.41) is 17.9. The number of carbonyl (C=O) groups excluding carboxylic acids is 2. The summed E-state index contributed by atoms with van der Waals surface area (Å²) < 4.78 is 1.44. The molecule has 0 aliphatic heterocycles. The van der Waals surface area contributed by atoms with Crippen molar-refractivity contribution in [3.8, 4) is 11.9 Å². The van der Waals surface area contributed by atoms with Gasteiger partial charge in [-0.3, -0.25) is 9.59 Å². The monoisotopic (exact) mass is 471 g/mol. The molecular formula is C29H21N5O2. The molecule has 0 unspecified atom stereocenters. The van der Waals surface area contributed by atoms with Gasteiger partial charge in [0.15, 0.2) is 17.4 Å². The lowest BCUT2D eigenvalue weighted by Crippen LogP contribution is -2.19. The van der Waals surface area contributed by atoms with E-state index in [2.05, 4.69) is 16.5 Å². The first-order valence-corrected chi connectivity index (χ1v) is 11.3. The zero-order chi connectivity index (χ0) is 25.2. The van der Waals surface area contributed by atoms with E-state index in [9.17, 15) is 14.9 Å². The number of ketones is 1. The van der Waals surface area contributed by atoms with E-state index in [1.807, 2.05) is 44.2 Å². The van der Waals surface area contributed by atoms with Gasteiger partial charge in [0.2, 0.25) is 0 Å². The predicted molar refractivity (Wildman–Crippen MR) is 137 cm³/mol. The summed E-state index contributed by atoms with van der Waals surface area (Å²) in [5.74, 6) is -0.136. The smallest absolute Gasteiger partial charge is 0.257 e. The van der Waals surface area contributed by atoms with Gasteiger partial charge in [-0.15, -0.1) is 0 Å². The Balaban J connectivity index is 1.56. The number of nitriles is 1. The molecule has 0 fully saturated rings. The van der Waals surface area contributed by atoms with Crippen molar-refractivity contribution < 1.29 is 9.59 Å². The minimum absolute atomic E-state index is 0.180. The second-order valence-corrected chi connectivity index (χ2v) is 8.39. The molecule has 0 aliphatic carbocycles. The first-order valence-electron chi connectivity index (χ1n) is 11.3. The molecule has 1 amide bonds. The molecule has 0 radical (unpaired) electrons. The molecule has 5 aromatic rings. The summed E-state index contributed by atoms with van der Waals surface area (Å²) in [7, 11) is 0. The van der Waals surface area contributed by atoms with Gasteiger partial charge in [-0.25, -0.2) is 4.98 Å². The topological polar surface area (TPSA) is 101 Å². The number of hydrogen-bond acceptors (Lipinski definition) is 5. The number of amides is 1. The zero-order valence-corrected chi connectivity index (χ0v) is 19.7. The van der Waals surface area contributed by atoms with Gasteiger partial charge in [0.25, 0.3) is 5.91 Å². The molecule has 0 saturated carbocycles. The molecule has 7 heteroatoms. The van der Waals surface area contributed by atoms with Gasteiger partial charge in [0, 0.05) is 16.5 Å². The lowest BCUT2D eigenvalue weighted by molar-refractivity contribution is 0.0996. The number of hydrogen-bond donors (Lipinski definition) is 1. The van der Waals surface area contributed by atoms with Crippen LogP contribution in [0.2, 0.25) is 0 Å². The highest BCUT2D eigenvalue weighted by molar-refractivity contribution is 6.17. The molecule has 0 atom stereocenters. The van der Waals surface area contributed by atoms with Crippen LogP contribution in [0, 0.1) is 25.2 Å². The Hall–Kier alpha value is -5.09. The highest BCUT2D eigenvalue weighted by Gasteiger charge is 2.22. The zero-order valence-electron chi connectivity index (χ0n) is 19.7. The van der Waals surface area contributed by atoms with Crippen molar-refractivity contribution in [1.82, 2.24) is 14.8 Å².